The molecule has 0 saturated carbocycles. The van der Waals surface area contributed by atoms with Crippen LogP contribution >= 0.6 is 0 Å². The van der Waals surface area contributed by atoms with Gasteiger partial charge in [-0.3, -0.25) is 14.8 Å². The Bertz CT molecular complexity index is 570. The van der Waals surface area contributed by atoms with E-state index in [2.05, 4.69) is 47.3 Å². The van der Waals surface area contributed by atoms with Crippen molar-refractivity contribution in [1.82, 2.24) is 20.4 Å². The lowest BCUT2D eigenvalue weighted by atomic mass is 9.92. The summed E-state index contributed by atoms with van der Waals surface area (Å²) in [6.45, 7) is 14.3. The first kappa shape index (κ1) is 18.7. The lowest BCUT2D eigenvalue weighted by molar-refractivity contribution is -0.116. The van der Waals surface area contributed by atoms with Gasteiger partial charge in [0.05, 0.1) is 5.69 Å². The normalized spacial score (nSPS) is 16.9. The van der Waals surface area contributed by atoms with E-state index >= 15 is 0 Å². The number of H-pyrrole nitrogens is 1. The Morgan fingerprint density at radius 1 is 1.38 bits per heavy atom. The predicted octanol–water partition coefficient (Wildman–Crippen LogP) is 3.00. The van der Waals surface area contributed by atoms with Gasteiger partial charge >= 0.3 is 0 Å². The van der Waals surface area contributed by atoms with E-state index in [1.54, 1.807) is 6.08 Å². The number of nitrogens with zero attached hydrogens (tertiary/aromatic N) is 2. The van der Waals surface area contributed by atoms with Crippen molar-refractivity contribution in [3.8, 4) is 0 Å². The third kappa shape index (κ3) is 5.78. The second kappa shape index (κ2) is 7.97. The van der Waals surface area contributed by atoms with Crippen LogP contribution in [-0.2, 0) is 16.8 Å². The Morgan fingerprint density at radius 3 is 2.58 bits per heavy atom. The highest BCUT2D eigenvalue weighted by Crippen LogP contribution is 2.22. The van der Waals surface area contributed by atoms with Gasteiger partial charge in [0.15, 0.2) is 0 Å². The summed E-state index contributed by atoms with van der Waals surface area (Å²) < 4.78 is 0. The summed E-state index contributed by atoms with van der Waals surface area (Å²) >= 11 is 0. The molecule has 1 aromatic heterocycles. The molecular weight excluding hydrogens is 300 g/mol. The molecule has 0 unspecified atom stereocenters. The smallest absolute Gasteiger partial charge is 0.243 e. The molecule has 24 heavy (non-hydrogen) atoms. The van der Waals surface area contributed by atoms with Crippen LogP contribution in [0.5, 0.6) is 0 Å². The summed E-state index contributed by atoms with van der Waals surface area (Å²) in [4.78, 5) is 14.1. The Hall–Kier alpha value is -1.62. The van der Waals surface area contributed by atoms with Crippen LogP contribution in [0.1, 0.15) is 58.8 Å². The summed E-state index contributed by atoms with van der Waals surface area (Å²) in [5.41, 5.74) is 3.44. The molecule has 0 aromatic carbocycles. The van der Waals surface area contributed by atoms with Gasteiger partial charge in [0.25, 0.3) is 0 Å². The molecule has 0 atom stereocenters. The number of nitrogens with one attached hydrogen (secondary N) is 2. The number of hydrogen-bond acceptors (Lipinski definition) is 3. The molecule has 1 fully saturated rings. The second-order valence-corrected chi connectivity index (χ2v) is 8.21. The number of allylic oxidation sites excluding steroid dienone is 1. The first-order valence-corrected chi connectivity index (χ1v) is 8.94. The highest BCUT2D eigenvalue weighted by molar-refractivity contribution is 5.87. The van der Waals surface area contributed by atoms with Crippen molar-refractivity contribution in [2.45, 2.75) is 59.4 Å². The minimum Gasteiger partial charge on any atom is -0.352 e. The van der Waals surface area contributed by atoms with E-state index in [1.165, 1.54) is 5.69 Å². The van der Waals surface area contributed by atoms with Gasteiger partial charge in [-0.15, -0.1) is 0 Å². The zero-order chi connectivity index (χ0) is 17.7. The number of amides is 1. The van der Waals surface area contributed by atoms with E-state index in [-0.39, 0.29) is 11.3 Å². The summed E-state index contributed by atoms with van der Waals surface area (Å²) in [5.74, 6) is 0.618. The van der Waals surface area contributed by atoms with Crippen molar-refractivity contribution in [2.75, 3.05) is 19.6 Å². The van der Waals surface area contributed by atoms with Crippen molar-refractivity contribution in [3.63, 3.8) is 0 Å². The van der Waals surface area contributed by atoms with Crippen molar-refractivity contribution in [2.24, 2.45) is 5.92 Å². The molecule has 1 amide bonds. The Balaban J connectivity index is 1.74. The van der Waals surface area contributed by atoms with Gasteiger partial charge in [0.1, 0.15) is 0 Å². The number of aromatic amines is 1. The number of likely N-dealkylation sites (tertiary alicyclic amines) is 1. The minimum absolute atomic E-state index is 0.0320. The van der Waals surface area contributed by atoms with Crippen molar-refractivity contribution in [3.05, 3.63) is 29.1 Å². The maximum Gasteiger partial charge on any atom is 0.243 e. The molecule has 0 aliphatic carbocycles. The van der Waals surface area contributed by atoms with Gasteiger partial charge in [0.2, 0.25) is 5.91 Å². The van der Waals surface area contributed by atoms with Crippen LogP contribution in [-0.4, -0.2) is 40.6 Å². The van der Waals surface area contributed by atoms with Gasteiger partial charge in [-0.2, -0.15) is 5.10 Å². The number of carbonyl (C=O) groups excluding carboxylic acids is 1. The van der Waals surface area contributed by atoms with E-state index in [0.29, 0.717) is 5.92 Å². The van der Waals surface area contributed by atoms with Crippen LogP contribution in [0.25, 0.3) is 0 Å². The summed E-state index contributed by atoms with van der Waals surface area (Å²) in [6, 6.07) is 2.19. The minimum atomic E-state index is 0.0320. The average Bonchev–Trinajstić information content (AvgIpc) is 2.94. The monoisotopic (exact) mass is 332 g/mol. The van der Waals surface area contributed by atoms with Crippen LogP contribution in [0, 0.1) is 5.92 Å². The molecule has 0 radical (unpaired) electrons. The van der Waals surface area contributed by atoms with Gasteiger partial charge in [0, 0.05) is 30.3 Å². The molecule has 0 bridgehead atoms. The highest BCUT2D eigenvalue weighted by Gasteiger charge is 2.21. The van der Waals surface area contributed by atoms with E-state index < -0.39 is 0 Å². The zero-order valence-corrected chi connectivity index (χ0v) is 15.8. The standard InChI is InChI=1S/C19H32N4O/c1-14(2)10-18(24)20-12-15-6-8-23(9-7-15)13-16-11-17(22-21-16)19(3,4)5/h10-11,15H,6-9,12-13H2,1-5H3,(H,20,24)(H,21,22). The Kier molecular flexibility index (Phi) is 6.21. The van der Waals surface area contributed by atoms with E-state index in [0.717, 1.165) is 50.3 Å². The Labute approximate surface area is 145 Å². The molecular formula is C19H32N4O. The lowest BCUT2D eigenvalue weighted by Crippen LogP contribution is -2.38. The first-order chi connectivity index (χ1) is 11.2. The summed E-state index contributed by atoms with van der Waals surface area (Å²) in [6.07, 6.45) is 3.94. The number of rotatable bonds is 5. The van der Waals surface area contributed by atoms with Crippen LogP contribution in [0.2, 0.25) is 0 Å². The SMILES string of the molecule is CC(C)=CC(=O)NCC1CCN(Cc2cc(C(C)(C)C)n[nH]2)CC1. The molecule has 1 saturated heterocycles. The van der Waals surface area contributed by atoms with Crippen molar-refractivity contribution < 1.29 is 4.79 Å². The van der Waals surface area contributed by atoms with Crippen molar-refractivity contribution >= 4 is 5.91 Å². The third-order valence-corrected chi connectivity index (χ3v) is 4.49. The molecule has 1 aliphatic heterocycles. The second-order valence-electron chi connectivity index (χ2n) is 8.21. The first-order valence-electron chi connectivity index (χ1n) is 8.94. The molecule has 1 aromatic rings. The Morgan fingerprint density at radius 2 is 2.04 bits per heavy atom. The molecule has 5 heteroatoms. The number of hydrogen-bond donors (Lipinski definition) is 2. The molecule has 2 heterocycles. The summed E-state index contributed by atoms with van der Waals surface area (Å²) in [7, 11) is 0. The molecule has 0 spiro atoms. The summed E-state index contributed by atoms with van der Waals surface area (Å²) in [5, 5.41) is 10.6. The average molecular weight is 332 g/mol. The molecule has 2 rings (SSSR count). The molecule has 134 valence electrons. The van der Waals surface area contributed by atoms with Crippen LogP contribution < -0.4 is 5.32 Å². The number of aromatic nitrogens is 2. The van der Waals surface area contributed by atoms with Gasteiger partial charge < -0.3 is 5.32 Å². The topological polar surface area (TPSA) is 61.0 Å². The molecule has 5 nitrogen and oxygen atoms in total. The predicted molar refractivity (Wildman–Crippen MR) is 97.7 cm³/mol. The fourth-order valence-corrected chi connectivity index (χ4v) is 2.97. The number of carbonyl (C=O) groups is 1. The fraction of sp³-hybridized carbons (Fsp3) is 0.684. The largest absolute Gasteiger partial charge is 0.352 e. The zero-order valence-electron chi connectivity index (χ0n) is 15.8. The quantitative estimate of drug-likeness (QED) is 0.815. The molecule has 1 aliphatic rings. The van der Waals surface area contributed by atoms with Gasteiger partial charge in [-0.1, -0.05) is 26.3 Å². The van der Waals surface area contributed by atoms with Crippen LogP contribution in [0.15, 0.2) is 17.7 Å². The maximum absolute atomic E-state index is 11.7. The van der Waals surface area contributed by atoms with Crippen LogP contribution in [0.3, 0.4) is 0 Å². The fourth-order valence-electron chi connectivity index (χ4n) is 2.97. The van der Waals surface area contributed by atoms with Crippen molar-refractivity contribution in [1.29, 1.82) is 0 Å². The lowest BCUT2D eigenvalue weighted by Gasteiger charge is -2.31. The third-order valence-electron chi connectivity index (χ3n) is 4.49. The maximum atomic E-state index is 11.7. The number of piperidine rings is 1. The van der Waals surface area contributed by atoms with E-state index in [9.17, 15) is 4.79 Å². The highest BCUT2D eigenvalue weighted by atomic mass is 16.1. The van der Waals surface area contributed by atoms with E-state index in [1.807, 2.05) is 13.8 Å². The van der Waals surface area contributed by atoms with Gasteiger partial charge in [-0.05, 0) is 51.8 Å². The molecule has 2 N–H and O–H groups in total. The van der Waals surface area contributed by atoms with Gasteiger partial charge in [-0.25, -0.2) is 0 Å². The van der Waals surface area contributed by atoms with E-state index in [4.69, 9.17) is 0 Å². The van der Waals surface area contributed by atoms with Crippen LogP contribution in [0.4, 0.5) is 0 Å².